The third-order valence-corrected chi connectivity index (χ3v) is 7.03. The van der Waals surface area contributed by atoms with Gasteiger partial charge in [0.05, 0.1) is 5.69 Å². The second-order valence-corrected chi connectivity index (χ2v) is 9.92. The first kappa shape index (κ1) is 31.4. The van der Waals surface area contributed by atoms with Crippen LogP contribution >= 0.6 is 0 Å². The molecule has 3 heterocycles. The van der Waals surface area contributed by atoms with Crippen LogP contribution in [0.25, 0.3) is 5.65 Å². The number of carbonyl (C=O) groups is 3. The maximum atomic E-state index is 12.9. The van der Waals surface area contributed by atoms with Crippen molar-refractivity contribution in [3.8, 4) is 0 Å². The zero-order valence-corrected chi connectivity index (χ0v) is 23.5. The Bertz CT molecular complexity index is 997. The van der Waals surface area contributed by atoms with Gasteiger partial charge in [0.2, 0.25) is 0 Å². The van der Waals surface area contributed by atoms with Crippen LogP contribution in [-0.2, 0) is 25.6 Å². The molecule has 1 saturated carbocycles. The molecule has 1 aliphatic carbocycles. The van der Waals surface area contributed by atoms with Crippen molar-refractivity contribution in [2.45, 2.75) is 71.8 Å². The van der Waals surface area contributed by atoms with Gasteiger partial charge >= 0.3 is 0 Å². The Balaban J connectivity index is 0.000000436. The number of aromatic nitrogens is 2. The highest BCUT2D eigenvalue weighted by Crippen LogP contribution is 2.29. The summed E-state index contributed by atoms with van der Waals surface area (Å²) >= 11 is 0. The molecule has 4 rings (SSSR count). The fourth-order valence-corrected chi connectivity index (χ4v) is 4.87. The van der Waals surface area contributed by atoms with Gasteiger partial charge < -0.3 is 29.8 Å². The van der Waals surface area contributed by atoms with Gasteiger partial charge in [-0.1, -0.05) is 19.4 Å². The maximum absolute atomic E-state index is 12.9. The minimum absolute atomic E-state index is 0.00212. The van der Waals surface area contributed by atoms with Gasteiger partial charge in [-0.3, -0.25) is 14.0 Å². The molecule has 38 heavy (non-hydrogen) atoms. The molecule has 0 spiro atoms. The van der Waals surface area contributed by atoms with Crippen molar-refractivity contribution >= 4 is 24.3 Å². The fraction of sp³-hybridized carbons (Fsp3) is 0.643. The summed E-state index contributed by atoms with van der Waals surface area (Å²) in [6.45, 7) is 9.27. The molecule has 2 aromatic rings. The molecular formula is C28H45N5O5. The third kappa shape index (κ3) is 10.2. The molecule has 0 aromatic carbocycles. The minimum Gasteiger partial charge on any atom is -0.438 e. The molecular weight excluding hydrogens is 486 g/mol. The molecule has 4 unspecified atom stereocenters. The third-order valence-electron chi connectivity index (χ3n) is 7.03. The number of imidazole rings is 1. The largest absolute Gasteiger partial charge is 0.438 e. The van der Waals surface area contributed by atoms with Crippen molar-refractivity contribution < 1.29 is 23.9 Å². The van der Waals surface area contributed by atoms with Crippen LogP contribution in [0.3, 0.4) is 0 Å². The van der Waals surface area contributed by atoms with E-state index in [1.165, 1.54) is 52.7 Å². The van der Waals surface area contributed by atoms with Crippen LogP contribution < -0.4 is 10.6 Å². The van der Waals surface area contributed by atoms with E-state index in [9.17, 15) is 9.59 Å². The number of amides is 1. The van der Waals surface area contributed by atoms with E-state index >= 15 is 0 Å². The van der Waals surface area contributed by atoms with Crippen LogP contribution in [0, 0.1) is 11.8 Å². The number of pyridine rings is 1. The Labute approximate surface area is 226 Å². The van der Waals surface area contributed by atoms with Crippen molar-refractivity contribution in [2.24, 2.45) is 11.8 Å². The predicted molar refractivity (Wildman–Crippen MR) is 147 cm³/mol. The van der Waals surface area contributed by atoms with Crippen molar-refractivity contribution in [3.05, 3.63) is 35.8 Å². The molecule has 2 N–H and O–H groups in total. The van der Waals surface area contributed by atoms with E-state index < -0.39 is 6.29 Å². The molecule has 1 saturated heterocycles. The molecule has 1 amide bonds. The Hall–Kier alpha value is -2.82. The predicted octanol–water partition coefficient (Wildman–Crippen LogP) is 3.04. The first-order valence-electron chi connectivity index (χ1n) is 13.5. The van der Waals surface area contributed by atoms with Gasteiger partial charge in [-0.25, -0.2) is 4.98 Å². The number of hydrogen-bond acceptors (Lipinski definition) is 8. The van der Waals surface area contributed by atoms with Crippen LogP contribution in [0.5, 0.6) is 0 Å². The van der Waals surface area contributed by atoms with E-state index in [1.807, 2.05) is 28.8 Å². The quantitative estimate of drug-likeness (QED) is 0.375. The second-order valence-electron chi connectivity index (χ2n) is 9.92. The van der Waals surface area contributed by atoms with E-state index in [2.05, 4.69) is 44.0 Å². The summed E-state index contributed by atoms with van der Waals surface area (Å²) in [5.41, 5.74) is 2.49. The van der Waals surface area contributed by atoms with E-state index in [0.717, 1.165) is 43.2 Å². The summed E-state index contributed by atoms with van der Waals surface area (Å²) in [5, 5.41) is 6.87. The van der Waals surface area contributed by atoms with Gasteiger partial charge in [-0.2, -0.15) is 0 Å². The Morgan fingerprint density at radius 1 is 1.32 bits per heavy atom. The maximum Gasteiger partial charge on any atom is 0.295 e. The number of rotatable bonds is 9. The van der Waals surface area contributed by atoms with Crippen molar-refractivity contribution in [1.82, 2.24) is 24.9 Å². The highest BCUT2D eigenvalue weighted by atomic mass is 16.7. The molecule has 2 aromatic heterocycles. The lowest BCUT2D eigenvalue weighted by molar-refractivity contribution is -0.153. The van der Waals surface area contributed by atoms with Crippen LogP contribution in [0.2, 0.25) is 0 Å². The number of methoxy groups -OCH3 is 1. The molecule has 2 bridgehead atoms. The highest BCUT2D eigenvalue weighted by molar-refractivity contribution is 5.93. The smallest absolute Gasteiger partial charge is 0.295 e. The summed E-state index contributed by atoms with van der Waals surface area (Å²) in [4.78, 5) is 38.1. The number of aldehydes is 1. The van der Waals surface area contributed by atoms with Crippen LogP contribution in [-0.4, -0.2) is 79.1 Å². The topological polar surface area (TPSA) is 114 Å². The lowest BCUT2D eigenvalue weighted by Crippen LogP contribution is -2.34. The number of nitrogens with one attached hydrogen (secondary N) is 2. The average Bonchev–Trinajstić information content (AvgIpc) is 3.54. The molecule has 10 heteroatoms. The summed E-state index contributed by atoms with van der Waals surface area (Å²) in [6, 6.07) is 6.41. The number of fused-ring (bicyclic) bond motifs is 3. The van der Waals surface area contributed by atoms with Crippen LogP contribution in [0.1, 0.15) is 69.1 Å². The standard InChI is InChI=1S/C22H33N5O.C4H8O3.C2H4O/c1-3-26(2)14-19-15-27-20(8-5-9-21(27)25-19)22(28)24-13-17-7-4-6-16-10-18(11-17)23-12-16;1-4(6-2)7-3-5;1-2-3/h5,8-9,15-18,23H,3-4,6-7,10-14H2,1-2H3,(H,24,28);3-4H,1-2H3;2H,1H3. The van der Waals surface area contributed by atoms with Gasteiger partial charge in [0.25, 0.3) is 12.4 Å². The van der Waals surface area contributed by atoms with Crippen molar-refractivity contribution in [2.75, 3.05) is 33.8 Å². The molecule has 0 radical (unpaired) electrons. The van der Waals surface area contributed by atoms with Gasteiger partial charge in [-0.05, 0) is 83.6 Å². The summed E-state index contributed by atoms with van der Waals surface area (Å²) < 4.78 is 10.8. The van der Waals surface area contributed by atoms with Gasteiger partial charge in [0, 0.05) is 32.4 Å². The Kier molecular flexibility index (Phi) is 14.0. The fourth-order valence-electron chi connectivity index (χ4n) is 4.87. The second kappa shape index (κ2) is 16.9. The van der Waals surface area contributed by atoms with E-state index in [1.54, 1.807) is 6.92 Å². The van der Waals surface area contributed by atoms with Crippen LogP contribution in [0.15, 0.2) is 24.4 Å². The zero-order chi connectivity index (χ0) is 27.9. The Morgan fingerprint density at radius 2 is 2.08 bits per heavy atom. The first-order chi connectivity index (χ1) is 18.3. The number of nitrogens with zero attached hydrogens (tertiary/aromatic N) is 3. The molecule has 212 valence electrons. The SMILES string of the molecule is CC=O.CCN(C)Cc1cn2c(C(=O)NCC3CCCC4CNC(C3)C4)cccc2n1.COC(C)OC=O. The number of carbonyl (C=O) groups excluding carboxylic acids is 3. The normalized spacial score (nSPS) is 21.2. The molecule has 10 nitrogen and oxygen atoms in total. The van der Waals surface area contributed by atoms with Gasteiger partial charge in [0.15, 0.2) is 6.29 Å². The van der Waals surface area contributed by atoms with Crippen molar-refractivity contribution in [1.29, 1.82) is 0 Å². The lowest BCUT2D eigenvalue weighted by Gasteiger charge is -2.24. The monoisotopic (exact) mass is 531 g/mol. The van der Waals surface area contributed by atoms with Gasteiger partial charge in [-0.15, -0.1) is 0 Å². The first-order valence-corrected chi connectivity index (χ1v) is 13.5. The minimum atomic E-state index is -0.419. The molecule has 2 aliphatic rings. The molecule has 1 aliphatic heterocycles. The van der Waals surface area contributed by atoms with Gasteiger partial charge in [0.1, 0.15) is 17.6 Å². The number of ether oxygens (including phenoxy) is 2. The Morgan fingerprint density at radius 3 is 2.74 bits per heavy atom. The average molecular weight is 532 g/mol. The zero-order valence-electron chi connectivity index (χ0n) is 23.5. The molecule has 4 atom stereocenters. The van der Waals surface area contributed by atoms with E-state index in [4.69, 9.17) is 4.79 Å². The van der Waals surface area contributed by atoms with E-state index in [-0.39, 0.29) is 5.91 Å². The van der Waals surface area contributed by atoms with E-state index in [0.29, 0.717) is 24.1 Å². The lowest BCUT2D eigenvalue weighted by atomic mass is 9.86. The van der Waals surface area contributed by atoms with Crippen molar-refractivity contribution in [3.63, 3.8) is 0 Å². The summed E-state index contributed by atoms with van der Waals surface area (Å²) in [7, 11) is 3.54. The summed E-state index contributed by atoms with van der Waals surface area (Å²) in [5.74, 6) is 1.44. The number of hydrogen-bond donors (Lipinski definition) is 2. The molecule has 2 fully saturated rings. The van der Waals surface area contributed by atoms with Crippen LogP contribution in [0.4, 0.5) is 0 Å². The summed E-state index contributed by atoms with van der Waals surface area (Å²) in [6.07, 6.45) is 8.65. The highest BCUT2D eigenvalue weighted by Gasteiger charge is 2.29.